The average molecular weight is 310 g/mol. The van der Waals surface area contributed by atoms with Crippen molar-refractivity contribution in [2.24, 2.45) is 5.92 Å². The number of rotatable bonds is 4. The molecule has 3 rings (SSSR count). The Labute approximate surface area is 134 Å². The van der Waals surface area contributed by atoms with E-state index in [2.05, 4.69) is 23.5 Å². The van der Waals surface area contributed by atoms with Crippen LogP contribution >= 0.6 is 0 Å². The zero-order valence-corrected chi connectivity index (χ0v) is 12.9. The van der Waals surface area contributed by atoms with Gasteiger partial charge in [-0.3, -0.25) is 14.4 Å². The Morgan fingerprint density at radius 2 is 1.91 bits per heavy atom. The molecule has 2 amide bonds. The van der Waals surface area contributed by atoms with Crippen LogP contribution in [0.25, 0.3) is 10.8 Å². The average Bonchev–Trinajstić information content (AvgIpc) is 2.82. The molecule has 2 aromatic rings. The van der Waals surface area contributed by atoms with E-state index >= 15 is 0 Å². The summed E-state index contributed by atoms with van der Waals surface area (Å²) in [5, 5.41) is 5.10. The zero-order chi connectivity index (χ0) is 16.4. The molecular formula is C18H18N2O3. The van der Waals surface area contributed by atoms with E-state index in [4.69, 9.17) is 0 Å². The highest BCUT2D eigenvalue weighted by atomic mass is 16.2. The first-order chi connectivity index (χ1) is 11.1. The largest absolute Gasteiger partial charge is 0.355 e. The zero-order valence-electron chi connectivity index (χ0n) is 12.9. The first kappa shape index (κ1) is 15.2. The fraction of sp³-hybridized carbons (Fsp3) is 0.278. The van der Waals surface area contributed by atoms with E-state index in [-0.39, 0.29) is 12.5 Å². The van der Waals surface area contributed by atoms with Gasteiger partial charge in [-0.05, 0) is 22.8 Å². The van der Waals surface area contributed by atoms with Gasteiger partial charge < -0.3 is 10.2 Å². The number of carbonyl (C=O) groups excluding carboxylic acids is 3. The Morgan fingerprint density at radius 3 is 2.65 bits per heavy atom. The Bertz CT molecular complexity index is 779. The quantitative estimate of drug-likeness (QED) is 0.680. The van der Waals surface area contributed by atoms with Gasteiger partial charge in [-0.2, -0.15) is 0 Å². The van der Waals surface area contributed by atoms with Gasteiger partial charge in [-0.25, -0.2) is 0 Å². The number of nitrogens with one attached hydrogen (secondary N) is 1. The second kappa shape index (κ2) is 6.20. The molecule has 0 bridgehead atoms. The molecule has 1 aliphatic heterocycles. The van der Waals surface area contributed by atoms with E-state index in [0.29, 0.717) is 13.0 Å². The van der Waals surface area contributed by atoms with Crippen molar-refractivity contribution in [3.63, 3.8) is 0 Å². The standard InChI is InChI=1S/C18H18N2O3/c1-20-11-15(16(21)18(20)23)17(22)19-10-9-13-7-4-6-12-5-2-3-8-14(12)13/h2-8,15H,9-11H2,1H3,(H,19,22). The molecule has 1 fully saturated rings. The first-order valence-corrected chi connectivity index (χ1v) is 7.61. The lowest BCUT2D eigenvalue weighted by molar-refractivity contribution is -0.142. The maximum atomic E-state index is 12.1. The predicted molar refractivity (Wildman–Crippen MR) is 86.8 cm³/mol. The van der Waals surface area contributed by atoms with Crippen molar-refractivity contribution in [3.05, 3.63) is 48.0 Å². The number of ketones is 1. The summed E-state index contributed by atoms with van der Waals surface area (Å²) < 4.78 is 0. The van der Waals surface area contributed by atoms with Gasteiger partial charge in [0.05, 0.1) is 0 Å². The molecule has 5 heteroatoms. The molecule has 2 aromatic carbocycles. The molecule has 1 atom stereocenters. The monoisotopic (exact) mass is 310 g/mol. The second-order valence-corrected chi connectivity index (χ2v) is 5.78. The molecule has 1 heterocycles. The maximum absolute atomic E-state index is 12.1. The molecule has 1 saturated heterocycles. The number of Topliss-reactive ketones (excluding diaryl/α,β-unsaturated/α-hetero) is 1. The predicted octanol–water partition coefficient (Wildman–Crippen LogP) is 1.16. The Morgan fingerprint density at radius 1 is 1.17 bits per heavy atom. The minimum absolute atomic E-state index is 0.164. The van der Waals surface area contributed by atoms with E-state index in [1.54, 1.807) is 0 Å². The summed E-state index contributed by atoms with van der Waals surface area (Å²) in [7, 11) is 1.53. The van der Waals surface area contributed by atoms with Crippen molar-refractivity contribution >= 4 is 28.4 Å². The van der Waals surface area contributed by atoms with Crippen LogP contribution in [0.5, 0.6) is 0 Å². The number of amides is 2. The van der Waals surface area contributed by atoms with Crippen LogP contribution in [0.3, 0.4) is 0 Å². The van der Waals surface area contributed by atoms with E-state index in [1.165, 1.54) is 11.9 Å². The summed E-state index contributed by atoms with van der Waals surface area (Å²) in [4.78, 5) is 36.5. The van der Waals surface area contributed by atoms with Crippen LogP contribution in [0.2, 0.25) is 0 Å². The molecule has 5 nitrogen and oxygen atoms in total. The molecule has 1 N–H and O–H groups in total. The van der Waals surface area contributed by atoms with Gasteiger partial charge in [0.2, 0.25) is 11.7 Å². The fourth-order valence-corrected chi connectivity index (χ4v) is 2.93. The van der Waals surface area contributed by atoms with Crippen molar-refractivity contribution in [2.75, 3.05) is 20.1 Å². The van der Waals surface area contributed by atoms with E-state index in [9.17, 15) is 14.4 Å². The lowest BCUT2D eigenvalue weighted by Crippen LogP contribution is -2.36. The number of benzene rings is 2. The number of likely N-dealkylation sites (tertiary alicyclic amines) is 1. The van der Waals surface area contributed by atoms with Gasteiger partial charge in [0.1, 0.15) is 5.92 Å². The molecule has 0 spiro atoms. The van der Waals surface area contributed by atoms with E-state index < -0.39 is 17.6 Å². The smallest absolute Gasteiger partial charge is 0.290 e. The van der Waals surface area contributed by atoms with Crippen molar-refractivity contribution in [3.8, 4) is 0 Å². The summed E-state index contributed by atoms with van der Waals surface area (Å²) in [5.74, 6) is -2.44. The van der Waals surface area contributed by atoms with Crippen molar-refractivity contribution in [2.45, 2.75) is 6.42 Å². The fourth-order valence-electron chi connectivity index (χ4n) is 2.93. The lowest BCUT2D eigenvalue weighted by atomic mass is 10.0. The van der Waals surface area contributed by atoms with E-state index in [1.807, 2.05) is 24.3 Å². The Balaban J connectivity index is 1.62. The molecule has 0 saturated carbocycles. The maximum Gasteiger partial charge on any atom is 0.290 e. The molecule has 0 aromatic heterocycles. The third-order valence-electron chi connectivity index (χ3n) is 4.22. The number of hydrogen-bond acceptors (Lipinski definition) is 3. The van der Waals surface area contributed by atoms with Gasteiger partial charge in [-0.15, -0.1) is 0 Å². The number of nitrogens with zero attached hydrogens (tertiary/aromatic N) is 1. The van der Waals surface area contributed by atoms with Crippen molar-refractivity contribution in [1.29, 1.82) is 0 Å². The van der Waals surface area contributed by atoms with E-state index in [0.717, 1.165) is 16.3 Å². The number of carbonyl (C=O) groups is 3. The van der Waals surface area contributed by atoms with Crippen LogP contribution in [0.15, 0.2) is 42.5 Å². The second-order valence-electron chi connectivity index (χ2n) is 5.78. The van der Waals surface area contributed by atoms with Crippen LogP contribution < -0.4 is 5.32 Å². The highest BCUT2D eigenvalue weighted by Crippen LogP contribution is 2.18. The van der Waals surface area contributed by atoms with Gasteiger partial charge in [0, 0.05) is 20.1 Å². The minimum Gasteiger partial charge on any atom is -0.355 e. The normalized spacial score (nSPS) is 17.8. The summed E-state index contributed by atoms with van der Waals surface area (Å²) in [6, 6.07) is 14.2. The van der Waals surface area contributed by atoms with Crippen LogP contribution in [0.4, 0.5) is 0 Å². The molecule has 0 aliphatic carbocycles. The molecule has 23 heavy (non-hydrogen) atoms. The van der Waals surface area contributed by atoms with Crippen LogP contribution in [0, 0.1) is 5.92 Å². The van der Waals surface area contributed by atoms with Gasteiger partial charge in [-0.1, -0.05) is 42.5 Å². The number of likely N-dealkylation sites (N-methyl/N-ethyl adjacent to an activating group) is 1. The SMILES string of the molecule is CN1CC(C(=O)NCCc2cccc3ccccc23)C(=O)C1=O. The summed E-state index contributed by atoms with van der Waals surface area (Å²) >= 11 is 0. The highest BCUT2D eigenvalue weighted by Gasteiger charge is 2.41. The topological polar surface area (TPSA) is 66.5 Å². The third kappa shape index (κ3) is 2.95. The molecule has 118 valence electrons. The lowest BCUT2D eigenvalue weighted by Gasteiger charge is -2.11. The summed E-state index contributed by atoms with van der Waals surface area (Å²) in [6.45, 7) is 0.603. The summed E-state index contributed by atoms with van der Waals surface area (Å²) in [6.07, 6.45) is 0.678. The highest BCUT2D eigenvalue weighted by molar-refractivity contribution is 6.42. The van der Waals surface area contributed by atoms with Crippen molar-refractivity contribution < 1.29 is 14.4 Å². The Hall–Kier alpha value is -2.69. The minimum atomic E-state index is -0.875. The van der Waals surface area contributed by atoms with Gasteiger partial charge >= 0.3 is 0 Å². The van der Waals surface area contributed by atoms with Crippen LogP contribution in [-0.2, 0) is 20.8 Å². The molecular weight excluding hydrogens is 292 g/mol. The van der Waals surface area contributed by atoms with Gasteiger partial charge in [0.15, 0.2) is 0 Å². The van der Waals surface area contributed by atoms with Crippen LogP contribution in [0.1, 0.15) is 5.56 Å². The molecule has 1 aliphatic rings. The summed E-state index contributed by atoms with van der Waals surface area (Å²) in [5.41, 5.74) is 1.15. The molecule has 0 radical (unpaired) electrons. The van der Waals surface area contributed by atoms with Gasteiger partial charge in [0.25, 0.3) is 5.91 Å². The number of fused-ring (bicyclic) bond motifs is 1. The first-order valence-electron chi connectivity index (χ1n) is 7.61. The third-order valence-corrected chi connectivity index (χ3v) is 4.22. The van der Waals surface area contributed by atoms with Crippen LogP contribution in [-0.4, -0.2) is 42.6 Å². The number of hydrogen-bond donors (Lipinski definition) is 1. The Kier molecular flexibility index (Phi) is 4.10. The molecule has 1 unspecified atom stereocenters. The van der Waals surface area contributed by atoms with Crippen molar-refractivity contribution in [1.82, 2.24) is 10.2 Å².